The molecule has 0 radical (unpaired) electrons. The second kappa shape index (κ2) is 5.69. The van der Waals surface area contributed by atoms with E-state index >= 15 is 0 Å². The van der Waals surface area contributed by atoms with Crippen molar-refractivity contribution in [3.05, 3.63) is 17.3 Å². The van der Waals surface area contributed by atoms with Gasteiger partial charge in [-0.15, -0.1) is 11.3 Å². The summed E-state index contributed by atoms with van der Waals surface area (Å²) in [6.07, 6.45) is 3.01. The number of aromatic nitrogens is 2. The van der Waals surface area contributed by atoms with E-state index in [0.29, 0.717) is 10.3 Å². The summed E-state index contributed by atoms with van der Waals surface area (Å²) in [6, 6.07) is 0. The third-order valence-corrected chi connectivity index (χ3v) is 5.00. The van der Waals surface area contributed by atoms with Crippen LogP contribution in [0.15, 0.2) is 12.4 Å². The molecule has 2 aromatic rings. The summed E-state index contributed by atoms with van der Waals surface area (Å²) < 4.78 is 24.6. The quantitative estimate of drug-likeness (QED) is 0.686. The molecular weight excluding hydrogens is 302 g/mol. The molecule has 0 atom stereocenters. The molecule has 0 aliphatic carbocycles. The van der Waals surface area contributed by atoms with Crippen LogP contribution < -0.4 is 15.8 Å². The predicted octanol–water partition coefficient (Wildman–Crippen LogP) is -0.448. The molecule has 2 rings (SSSR count). The number of nitrogens with two attached hydrogens (primary N) is 1. The fraction of sp³-hybridized carbons (Fsp3) is 0.300. The molecule has 20 heavy (non-hydrogen) atoms. The van der Waals surface area contributed by atoms with E-state index in [-0.39, 0.29) is 22.9 Å². The van der Waals surface area contributed by atoms with Crippen LogP contribution in [0.4, 0.5) is 5.69 Å². The van der Waals surface area contributed by atoms with Crippen LogP contribution in [-0.2, 0) is 10.0 Å². The van der Waals surface area contributed by atoms with Crippen molar-refractivity contribution in [3.63, 3.8) is 0 Å². The molecule has 0 aliphatic heterocycles. The van der Waals surface area contributed by atoms with Crippen LogP contribution in [0.25, 0.3) is 10.3 Å². The maximum Gasteiger partial charge on any atom is 0.263 e. The third-order valence-electron chi connectivity index (χ3n) is 2.54. The number of carbonyl (C=O) groups excluding carboxylic acids is 1. The lowest BCUT2D eigenvalue weighted by atomic mass is 10.3. The Hall–Kier alpha value is -1.78. The molecular formula is C10H13N5O3S2. The van der Waals surface area contributed by atoms with Gasteiger partial charge in [0.25, 0.3) is 5.91 Å². The van der Waals surface area contributed by atoms with E-state index in [0.717, 1.165) is 11.3 Å². The molecule has 10 heteroatoms. The summed E-state index contributed by atoms with van der Waals surface area (Å²) in [5.74, 6) is -0.630. The van der Waals surface area contributed by atoms with E-state index in [1.165, 1.54) is 19.4 Å². The molecule has 2 aromatic heterocycles. The van der Waals surface area contributed by atoms with Gasteiger partial charge in [-0.05, 0) is 7.05 Å². The van der Waals surface area contributed by atoms with Crippen molar-refractivity contribution < 1.29 is 13.2 Å². The smallest absolute Gasteiger partial charge is 0.263 e. The van der Waals surface area contributed by atoms with Crippen molar-refractivity contribution in [1.29, 1.82) is 0 Å². The Morgan fingerprint density at radius 1 is 1.40 bits per heavy atom. The first-order valence-electron chi connectivity index (χ1n) is 5.63. The number of amides is 1. The second-order valence-electron chi connectivity index (χ2n) is 3.83. The number of nitrogens with zero attached hydrogens (tertiary/aromatic N) is 2. The monoisotopic (exact) mass is 315 g/mol. The van der Waals surface area contributed by atoms with Crippen molar-refractivity contribution in [2.75, 3.05) is 25.1 Å². The molecule has 2 heterocycles. The number of anilines is 1. The summed E-state index contributed by atoms with van der Waals surface area (Å²) in [6.45, 7) is -0.00342. The minimum atomic E-state index is -3.35. The van der Waals surface area contributed by atoms with Crippen LogP contribution in [0.1, 0.15) is 9.67 Å². The molecule has 0 aliphatic rings. The average Bonchev–Trinajstić information content (AvgIpc) is 2.76. The van der Waals surface area contributed by atoms with Gasteiger partial charge in [0.2, 0.25) is 10.0 Å². The van der Waals surface area contributed by atoms with E-state index < -0.39 is 15.9 Å². The lowest BCUT2D eigenvalue weighted by Gasteiger charge is -2.04. The van der Waals surface area contributed by atoms with Gasteiger partial charge in [-0.2, -0.15) is 0 Å². The molecule has 0 fully saturated rings. The van der Waals surface area contributed by atoms with Crippen LogP contribution in [-0.4, -0.2) is 43.6 Å². The van der Waals surface area contributed by atoms with Gasteiger partial charge in [0.05, 0.1) is 11.4 Å². The first kappa shape index (κ1) is 14.6. The highest BCUT2D eigenvalue weighted by molar-refractivity contribution is 7.89. The molecule has 108 valence electrons. The minimum Gasteiger partial charge on any atom is -0.396 e. The molecule has 0 bridgehead atoms. The highest BCUT2D eigenvalue weighted by Gasteiger charge is 2.18. The molecule has 0 saturated carbocycles. The number of nitrogens with one attached hydrogen (secondary N) is 2. The Bertz CT molecular complexity index is 740. The highest BCUT2D eigenvalue weighted by Crippen LogP contribution is 2.30. The maximum absolute atomic E-state index is 12.0. The number of hydrogen-bond acceptors (Lipinski definition) is 7. The average molecular weight is 315 g/mol. The number of hydrogen-bond donors (Lipinski definition) is 3. The molecule has 1 amide bonds. The number of thiophene rings is 1. The number of fused-ring (bicyclic) bond motifs is 1. The third kappa shape index (κ3) is 3.03. The number of carbonyl (C=O) groups is 1. The first-order chi connectivity index (χ1) is 9.44. The SMILES string of the molecule is CNS(=O)(=O)CCNC(=O)c1sc2nccnc2c1N. The van der Waals surface area contributed by atoms with Crippen molar-refractivity contribution in [3.8, 4) is 0 Å². The fourth-order valence-corrected chi connectivity index (χ4v) is 3.01. The van der Waals surface area contributed by atoms with Crippen molar-refractivity contribution in [2.45, 2.75) is 0 Å². The zero-order valence-electron chi connectivity index (χ0n) is 10.6. The topological polar surface area (TPSA) is 127 Å². The Morgan fingerprint density at radius 3 is 2.75 bits per heavy atom. The Labute approximate surface area is 119 Å². The molecule has 0 spiro atoms. The largest absolute Gasteiger partial charge is 0.396 e. The van der Waals surface area contributed by atoms with E-state index in [9.17, 15) is 13.2 Å². The molecule has 0 saturated heterocycles. The maximum atomic E-state index is 12.0. The Morgan fingerprint density at radius 2 is 2.10 bits per heavy atom. The summed E-state index contributed by atoms with van der Waals surface area (Å²) >= 11 is 1.12. The lowest BCUT2D eigenvalue weighted by Crippen LogP contribution is -2.32. The van der Waals surface area contributed by atoms with Gasteiger partial charge >= 0.3 is 0 Å². The summed E-state index contributed by atoms with van der Waals surface area (Å²) in [4.78, 5) is 20.9. The standard InChI is InChI=1S/C10H13N5O3S2/c1-12-20(17,18)5-4-14-9(16)8-6(11)7-10(19-8)15-3-2-13-7/h2-3,12H,4-5,11H2,1H3,(H,14,16). The fourth-order valence-electron chi connectivity index (χ4n) is 1.49. The van der Waals surface area contributed by atoms with E-state index in [4.69, 9.17) is 5.73 Å². The van der Waals surface area contributed by atoms with Crippen molar-refractivity contribution in [1.82, 2.24) is 20.0 Å². The highest BCUT2D eigenvalue weighted by atomic mass is 32.2. The Kier molecular flexibility index (Phi) is 4.16. The first-order valence-corrected chi connectivity index (χ1v) is 8.10. The van der Waals surface area contributed by atoms with Crippen molar-refractivity contribution in [2.24, 2.45) is 0 Å². The van der Waals surface area contributed by atoms with Crippen molar-refractivity contribution >= 4 is 43.3 Å². The van der Waals surface area contributed by atoms with Gasteiger partial charge in [-0.25, -0.2) is 23.1 Å². The second-order valence-corrected chi connectivity index (χ2v) is 6.88. The zero-order chi connectivity index (χ0) is 14.8. The predicted molar refractivity (Wildman–Crippen MR) is 77.0 cm³/mol. The molecule has 0 unspecified atom stereocenters. The number of sulfonamides is 1. The number of rotatable bonds is 5. The summed E-state index contributed by atoms with van der Waals surface area (Å²) in [5, 5.41) is 2.51. The van der Waals surface area contributed by atoms with Gasteiger partial charge < -0.3 is 11.1 Å². The van der Waals surface area contributed by atoms with E-state index in [1.54, 1.807) is 0 Å². The normalized spacial score (nSPS) is 11.7. The van der Waals surface area contributed by atoms with Crippen LogP contribution in [0.5, 0.6) is 0 Å². The van der Waals surface area contributed by atoms with Crippen LogP contribution in [0.2, 0.25) is 0 Å². The van der Waals surface area contributed by atoms with Gasteiger partial charge in [0.1, 0.15) is 15.2 Å². The zero-order valence-corrected chi connectivity index (χ0v) is 12.2. The number of nitrogen functional groups attached to an aromatic ring is 1. The van der Waals surface area contributed by atoms with Gasteiger partial charge in [-0.3, -0.25) is 4.79 Å². The van der Waals surface area contributed by atoms with Gasteiger partial charge in [-0.1, -0.05) is 0 Å². The minimum absolute atomic E-state index is 0.00342. The lowest BCUT2D eigenvalue weighted by molar-refractivity contribution is 0.0961. The van der Waals surface area contributed by atoms with E-state index in [1.807, 2.05) is 0 Å². The van der Waals surface area contributed by atoms with E-state index in [2.05, 4.69) is 20.0 Å². The van der Waals surface area contributed by atoms with Crippen LogP contribution in [0, 0.1) is 0 Å². The summed E-state index contributed by atoms with van der Waals surface area (Å²) in [7, 11) is -2.03. The van der Waals surface area contributed by atoms with Crippen LogP contribution >= 0.6 is 11.3 Å². The van der Waals surface area contributed by atoms with Crippen LogP contribution in [0.3, 0.4) is 0 Å². The summed E-state index contributed by atoms with van der Waals surface area (Å²) in [5.41, 5.74) is 6.57. The van der Waals surface area contributed by atoms with Gasteiger partial charge in [0, 0.05) is 18.9 Å². The molecule has 8 nitrogen and oxygen atoms in total. The molecule has 4 N–H and O–H groups in total. The Balaban J connectivity index is 2.10. The van der Waals surface area contributed by atoms with Gasteiger partial charge in [0.15, 0.2) is 0 Å². The molecule has 0 aromatic carbocycles.